The normalized spacial score (nSPS) is 12.4. The van der Waals surface area contributed by atoms with Crippen molar-refractivity contribution in [3.05, 3.63) is 64.2 Å². The van der Waals surface area contributed by atoms with Gasteiger partial charge in [0.1, 0.15) is 11.8 Å². The van der Waals surface area contributed by atoms with E-state index in [1.165, 1.54) is 56.6 Å². The molecule has 0 saturated carbocycles. The predicted molar refractivity (Wildman–Crippen MR) is 109 cm³/mol. The number of carbonyl (C=O) groups is 1. The lowest BCUT2D eigenvalue weighted by atomic mass is 10.2. The molecule has 0 aromatic heterocycles. The first-order valence-corrected chi connectivity index (χ1v) is 10.2. The molecule has 0 unspecified atom stereocenters. The fraction of sp³-hybridized carbons (Fsp3) is 0.222. The van der Waals surface area contributed by atoms with Crippen molar-refractivity contribution in [1.29, 1.82) is 0 Å². The van der Waals surface area contributed by atoms with E-state index in [1.807, 2.05) is 0 Å². The van der Waals surface area contributed by atoms with Crippen molar-refractivity contribution >= 4 is 33.5 Å². The van der Waals surface area contributed by atoms with Crippen molar-refractivity contribution < 1.29 is 22.9 Å². The first-order valence-electron chi connectivity index (χ1n) is 8.34. The molecule has 1 amide bonds. The van der Waals surface area contributed by atoms with Gasteiger partial charge in [-0.25, -0.2) is 13.8 Å². The van der Waals surface area contributed by atoms with Gasteiger partial charge < -0.3 is 4.74 Å². The van der Waals surface area contributed by atoms with Crippen LogP contribution in [0.4, 0.5) is 11.4 Å². The summed E-state index contributed by atoms with van der Waals surface area (Å²) < 4.78 is 30.5. The van der Waals surface area contributed by atoms with Crippen LogP contribution >= 0.6 is 0 Å². The molecule has 0 radical (unpaired) electrons. The number of nitro groups is 1. The summed E-state index contributed by atoms with van der Waals surface area (Å²) in [6, 6.07) is 10.7. The smallest absolute Gasteiger partial charge is 0.269 e. The Balaban J connectivity index is 2.13. The number of hydrogen-bond donors (Lipinski definition) is 1. The van der Waals surface area contributed by atoms with E-state index in [0.29, 0.717) is 17.0 Å². The Morgan fingerprint density at radius 1 is 1.21 bits per heavy atom. The maximum Gasteiger partial charge on any atom is 0.269 e. The van der Waals surface area contributed by atoms with Crippen LogP contribution in [0.5, 0.6) is 5.75 Å². The topological polar surface area (TPSA) is 131 Å². The summed E-state index contributed by atoms with van der Waals surface area (Å²) in [5.74, 6) is -0.101. The highest BCUT2D eigenvalue weighted by Crippen LogP contribution is 2.23. The molecule has 11 heteroatoms. The highest BCUT2D eigenvalue weighted by Gasteiger charge is 2.29. The van der Waals surface area contributed by atoms with Crippen LogP contribution in [0, 0.1) is 10.1 Å². The highest BCUT2D eigenvalue weighted by molar-refractivity contribution is 7.92. The number of carbonyl (C=O) groups excluding carboxylic acids is 1. The zero-order chi connectivity index (χ0) is 21.6. The number of anilines is 1. The summed E-state index contributed by atoms with van der Waals surface area (Å²) in [5.41, 5.74) is 3.04. The Morgan fingerprint density at radius 2 is 1.79 bits per heavy atom. The van der Waals surface area contributed by atoms with Gasteiger partial charge >= 0.3 is 0 Å². The second-order valence-electron chi connectivity index (χ2n) is 6.02. The number of hydrazone groups is 1. The molecule has 0 heterocycles. The molecule has 0 aliphatic heterocycles. The van der Waals surface area contributed by atoms with E-state index in [-0.39, 0.29) is 5.69 Å². The minimum Gasteiger partial charge on any atom is -0.497 e. The van der Waals surface area contributed by atoms with Crippen LogP contribution in [0.1, 0.15) is 12.5 Å². The van der Waals surface area contributed by atoms with E-state index >= 15 is 0 Å². The van der Waals surface area contributed by atoms with Gasteiger partial charge in [0, 0.05) is 12.1 Å². The molecule has 2 aromatic rings. The Bertz CT molecular complexity index is 1000. The molecule has 0 bridgehead atoms. The number of nitrogens with zero attached hydrogens (tertiary/aromatic N) is 3. The Kier molecular flexibility index (Phi) is 6.89. The molecule has 29 heavy (non-hydrogen) atoms. The lowest BCUT2D eigenvalue weighted by molar-refractivity contribution is -0.384. The van der Waals surface area contributed by atoms with E-state index in [1.54, 1.807) is 12.1 Å². The van der Waals surface area contributed by atoms with Crippen LogP contribution in [-0.4, -0.2) is 44.9 Å². The lowest BCUT2D eigenvalue weighted by Crippen LogP contribution is -2.46. The number of benzene rings is 2. The molecule has 1 N–H and O–H groups in total. The zero-order valence-electron chi connectivity index (χ0n) is 16.0. The van der Waals surface area contributed by atoms with Gasteiger partial charge in [0.25, 0.3) is 11.6 Å². The number of methoxy groups -OCH3 is 1. The third-order valence-corrected chi connectivity index (χ3v) is 5.15. The van der Waals surface area contributed by atoms with E-state index in [0.717, 1.165) is 10.6 Å². The van der Waals surface area contributed by atoms with Crippen molar-refractivity contribution in [2.75, 3.05) is 17.7 Å². The maximum atomic E-state index is 12.4. The number of non-ortho nitro benzene ring substituents is 1. The molecule has 10 nitrogen and oxygen atoms in total. The fourth-order valence-corrected chi connectivity index (χ4v) is 3.66. The average molecular weight is 420 g/mol. The second-order valence-corrected chi connectivity index (χ2v) is 7.88. The standard InChI is InChI=1S/C18H20N4O6S/c1-13(21(29(3,26)27)15-8-10-17(28-2)11-9-15)18(23)20-19-12-14-4-6-16(7-5-14)22(24)25/h4-13H,1-3H3,(H,20,23)/b19-12-/t13-/m1/s1. The van der Waals surface area contributed by atoms with E-state index in [2.05, 4.69) is 10.5 Å². The van der Waals surface area contributed by atoms with Gasteiger partial charge in [-0.2, -0.15) is 5.10 Å². The van der Waals surface area contributed by atoms with Gasteiger partial charge in [-0.3, -0.25) is 19.2 Å². The Morgan fingerprint density at radius 3 is 2.28 bits per heavy atom. The molecular weight excluding hydrogens is 400 g/mol. The summed E-state index contributed by atoms with van der Waals surface area (Å²) in [5, 5.41) is 14.4. The van der Waals surface area contributed by atoms with Gasteiger partial charge in [0.15, 0.2) is 0 Å². The number of amides is 1. The van der Waals surface area contributed by atoms with E-state index in [4.69, 9.17) is 4.74 Å². The summed E-state index contributed by atoms with van der Waals surface area (Å²) in [7, 11) is -2.27. The average Bonchev–Trinajstić information content (AvgIpc) is 2.67. The van der Waals surface area contributed by atoms with Gasteiger partial charge in [-0.15, -0.1) is 0 Å². The Hall–Kier alpha value is -3.47. The van der Waals surface area contributed by atoms with Crippen LogP contribution in [0.3, 0.4) is 0 Å². The van der Waals surface area contributed by atoms with Crippen LogP contribution < -0.4 is 14.5 Å². The molecular formula is C18H20N4O6S. The van der Waals surface area contributed by atoms with Crippen molar-refractivity contribution in [1.82, 2.24) is 5.43 Å². The molecule has 0 aliphatic rings. The summed E-state index contributed by atoms with van der Waals surface area (Å²) in [6.45, 7) is 1.43. The minimum atomic E-state index is -3.76. The van der Waals surface area contributed by atoms with Gasteiger partial charge in [0.2, 0.25) is 10.0 Å². The zero-order valence-corrected chi connectivity index (χ0v) is 16.8. The molecule has 0 saturated heterocycles. The predicted octanol–water partition coefficient (Wildman–Crippen LogP) is 1.91. The first-order chi connectivity index (χ1) is 13.6. The largest absolute Gasteiger partial charge is 0.497 e. The second kappa shape index (κ2) is 9.15. The van der Waals surface area contributed by atoms with Crippen molar-refractivity contribution in [3.8, 4) is 5.75 Å². The first kappa shape index (κ1) is 21.8. The SMILES string of the molecule is COc1ccc(N([C@H](C)C(=O)N/N=C\c2ccc([N+](=O)[O-])cc2)S(C)(=O)=O)cc1. The molecule has 2 rings (SSSR count). The van der Waals surface area contributed by atoms with E-state index < -0.39 is 26.9 Å². The van der Waals surface area contributed by atoms with Crippen molar-refractivity contribution in [2.45, 2.75) is 13.0 Å². The third kappa shape index (κ3) is 5.75. The van der Waals surface area contributed by atoms with Crippen LogP contribution in [-0.2, 0) is 14.8 Å². The van der Waals surface area contributed by atoms with E-state index in [9.17, 15) is 23.3 Å². The van der Waals surface area contributed by atoms with Crippen LogP contribution in [0.25, 0.3) is 0 Å². The fourth-order valence-electron chi connectivity index (χ4n) is 2.48. The highest BCUT2D eigenvalue weighted by atomic mass is 32.2. The Labute approximate surface area is 168 Å². The molecule has 0 fully saturated rings. The molecule has 0 spiro atoms. The maximum absolute atomic E-state index is 12.4. The quantitative estimate of drug-likeness (QED) is 0.394. The minimum absolute atomic E-state index is 0.0666. The third-order valence-electron chi connectivity index (χ3n) is 3.91. The molecule has 2 aromatic carbocycles. The number of hydrogen-bond acceptors (Lipinski definition) is 7. The number of rotatable bonds is 8. The number of sulfonamides is 1. The molecule has 154 valence electrons. The van der Waals surface area contributed by atoms with Crippen LogP contribution in [0.2, 0.25) is 0 Å². The summed E-state index contributed by atoms with van der Waals surface area (Å²) >= 11 is 0. The monoisotopic (exact) mass is 420 g/mol. The summed E-state index contributed by atoms with van der Waals surface area (Å²) in [6.07, 6.45) is 2.30. The van der Waals surface area contributed by atoms with Gasteiger partial charge in [0.05, 0.1) is 30.2 Å². The number of nitrogens with one attached hydrogen (secondary N) is 1. The molecule has 0 aliphatic carbocycles. The van der Waals surface area contributed by atoms with Gasteiger partial charge in [-0.05, 0) is 48.9 Å². The number of ether oxygens (including phenoxy) is 1. The molecule has 1 atom stereocenters. The summed E-state index contributed by atoms with van der Waals surface area (Å²) in [4.78, 5) is 22.5. The van der Waals surface area contributed by atoms with Crippen molar-refractivity contribution in [2.24, 2.45) is 5.10 Å². The van der Waals surface area contributed by atoms with Gasteiger partial charge in [-0.1, -0.05) is 0 Å². The number of nitro benzene ring substituents is 1. The van der Waals surface area contributed by atoms with Crippen molar-refractivity contribution in [3.63, 3.8) is 0 Å². The van der Waals surface area contributed by atoms with Crippen LogP contribution in [0.15, 0.2) is 53.6 Å². The lowest BCUT2D eigenvalue weighted by Gasteiger charge is -2.27.